The zero-order valence-corrected chi connectivity index (χ0v) is 12.4. The van der Waals surface area contributed by atoms with Crippen LogP contribution in [0.25, 0.3) is 0 Å². The van der Waals surface area contributed by atoms with Crippen LogP contribution in [-0.4, -0.2) is 4.98 Å². The minimum absolute atomic E-state index is 0.433. The molecule has 1 heterocycles. The highest BCUT2D eigenvalue weighted by atomic mass is 35.5. The third kappa shape index (κ3) is 2.91. The molecule has 96 valence electrons. The van der Waals surface area contributed by atoms with Crippen LogP contribution in [0.2, 0.25) is 5.02 Å². The van der Waals surface area contributed by atoms with Gasteiger partial charge >= 0.3 is 0 Å². The van der Waals surface area contributed by atoms with Crippen LogP contribution in [0, 0.1) is 13.8 Å². The van der Waals surface area contributed by atoms with Gasteiger partial charge in [-0.05, 0) is 44.9 Å². The lowest BCUT2D eigenvalue weighted by Gasteiger charge is -2.22. The van der Waals surface area contributed by atoms with Crippen molar-refractivity contribution in [2.24, 2.45) is 5.73 Å². The molecule has 0 bridgehead atoms. The largest absolute Gasteiger partial charge is 0.319 e. The van der Waals surface area contributed by atoms with E-state index in [9.17, 15) is 0 Å². The summed E-state index contributed by atoms with van der Waals surface area (Å²) in [6.45, 7) is 6.13. The maximum absolute atomic E-state index is 6.41. The normalized spacial score (nSPS) is 14.5. The Bertz CT molecular complexity index is 524. The zero-order chi connectivity index (χ0) is 13.3. The van der Waals surface area contributed by atoms with Crippen LogP contribution in [0.4, 0.5) is 0 Å². The summed E-state index contributed by atoms with van der Waals surface area (Å²) in [5.74, 6) is 0. The second kappa shape index (κ2) is 5.00. The predicted molar refractivity (Wildman–Crippen MR) is 78.3 cm³/mol. The Morgan fingerprint density at radius 2 is 1.89 bits per heavy atom. The maximum Gasteiger partial charge on any atom is 0.113 e. The van der Waals surface area contributed by atoms with Gasteiger partial charge in [-0.1, -0.05) is 23.7 Å². The number of nitrogens with two attached hydrogens (primary N) is 1. The lowest BCUT2D eigenvalue weighted by Crippen LogP contribution is -2.35. The first-order valence-electron chi connectivity index (χ1n) is 5.86. The molecule has 0 spiro atoms. The van der Waals surface area contributed by atoms with E-state index in [0.29, 0.717) is 0 Å². The molecule has 1 aromatic heterocycles. The van der Waals surface area contributed by atoms with E-state index in [2.05, 4.69) is 11.9 Å². The molecule has 0 aliphatic heterocycles. The SMILES string of the molecule is Cc1nc(C(C)(N)Cc2ccc(Cl)cc2)sc1C. The number of rotatable bonds is 3. The van der Waals surface area contributed by atoms with E-state index in [1.165, 1.54) is 10.4 Å². The number of benzene rings is 1. The van der Waals surface area contributed by atoms with Crippen molar-refractivity contribution >= 4 is 22.9 Å². The van der Waals surface area contributed by atoms with Crippen molar-refractivity contribution in [2.45, 2.75) is 32.7 Å². The fraction of sp³-hybridized carbons (Fsp3) is 0.357. The highest BCUT2D eigenvalue weighted by Gasteiger charge is 2.26. The molecule has 2 N–H and O–H groups in total. The van der Waals surface area contributed by atoms with Gasteiger partial charge in [0.2, 0.25) is 0 Å². The number of nitrogens with zero attached hydrogens (tertiary/aromatic N) is 1. The number of hydrogen-bond acceptors (Lipinski definition) is 3. The van der Waals surface area contributed by atoms with Gasteiger partial charge in [0.05, 0.1) is 11.2 Å². The van der Waals surface area contributed by atoms with Gasteiger partial charge in [-0.2, -0.15) is 0 Å². The Kier molecular flexibility index (Phi) is 3.76. The second-order valence-electron chi connectivity index (χ2n) is 4.88. The Morgan fingerprint density at radius 1 is 1.28 bits per heavy atom. The molecule has 0 radical (unpaired) electrons. The average molecular weight is 281 g/mol. The van der Waals surface area contributed by atoms with E-state index in [1.54, 1.807) is 11.3 Å². The summed E-state index contributed by atoms with van der Waals surface area (Å²) in [6, 6.07) is 7.82. The predicted octanol–water partition coefficient (Wildman–Crippen LogP) is 3.83. The summed E-state index contributed by atoms with van der Waals surface area (Å²) in [6.07, 6.45) is 0.760. The van der Waals surface area contributed by atoms with Gasteiger partial charge in [0.25, 0.3) is 0 Å². The number of aryl methyl sites for hydroxylation is 2. The summed E-state index contributed by atoms with van der Waals surface area (Å²) >= 11 is 7.56. The van der Waals surface area contributed by atoms with Gasteiger partial charge < -0.3 is 5.73 Å². The van der Waals surface area contributed by atoms with Gasteiger partial charge in [0.15, 0.2) is 0 Å². The Labute approximate surface area is 117 Å². The van der Waals surface area contributed by atoms with Gasteiger partial charge in [-0.3, -0.25) is 0 Å². The molecule has 18 heavy (non-hydrogen) atoms. The fourth-order valence-corrected chi connectivity index (χ4v) is 2.92. The monoisotopic (exact) mass is 280 g/mol. The van der Waals surface area contributed by atoms with Crippen LogP contribution in [-0.2, 0) is 12.0 Å². The molecule has 2 aromatic rings. The van der Waals surface area contributed by atoms with Crippen LogP contribution < -0.4 is 5.73 Å². The second-order valence-corrected chi connectivity index (χ2v) is 6.52. The fourth-order valence-electron chi connectivity index (χ4n) is 1.82. The average Bonchev–Trinajstić information content (AvgIpc) is 2.63. The van der Waals surface area contributed by atoms with Gasteiger partial charge in [-0.15, -0.1) is 11.3 Å². The van der Waals surface area contributed by atoms with E-state index in [-0.39, 0.29) is 0 Å². The molecule has 2 nitrogen and oxygen atoms in total. The van der Waals surface area contributed by atoms with Gasteiger partial charge in [0.1, 0.15) is 5.01 Å². The zero-order valence-electron chi connectivity index (χ0n) is 10.8. The van der Waals surface area contributed by atoms with Gasteiger partial charge in [-0.25, -0.2) is 4.98 Å². The summed E-state index contributed by atoms with van der Waals surface area (Å²) in [5, 5.41) is 1.74. The van der Waals surface area contributed by atoms with Crippen LogP contribution >= 0.6 is 22.9 Å². The van der Waals surface area contributed by atoms with Crippen molar-refractivity contribution in [3.05, 3.63) is 50.4 Å². The first kappa shape index (κ1) is 13.5. The standard InChI is InChI=1S/C14H17ClN2S/c1-9-10(2)18-13(17-9)14(3,16)8-11-4-6-12(15)7-5-11/h4-7H,8,16H2,1-3H3. The third-order valence-corrected chi connectivity index (χ3v) is 4.61. The Hall–Kier alpha value is -0.900. The van der Waals surface area contributed by atoms with Crippen molar-refractivity contribution in [3.63, 3.8) is 0 Å². The molecule has 0 saturated carbocycles. The van der Waals surface area contributed by atoms with Crippen molar-refractivity contribution in [2.75, 3.05) is 0 Å². The first-order chi connectivity index (χ1) is 8.38. The highest BCUT2D eigenvalue weighted by molar-refractivity contribution is 7.11. The molecule has 2 rings (SSSR count). The first-order valence-corrected chi connectivity index (χ1v) is 7.06. The molecular formula is C14H17ClN2S. The lowest BCUT2D eigenvalue weighted by atomic mass is 9.95. The molecular weight excluding hydrogens is 264 g/mol. The summed E-state index contributed by atoms with van der Waals surface area (Å²) < 4.78 is 0. The minimum atomic E-state index is -0.433. The molecule has 1 atom stereocenters. The molecule has 0 amide bonds. The van der Waals surface area contributed by atoms with E-state index in [1.807, 2.05) is 38.1 Å². The summed E-state index contributed by atoms with van der Waals surface area (Å²) in [7, 11) is 0. The number of halogens is 1. The topological polar surface area (TPSA) is 38.9 Å². The molecule has 0 saturated heterocycles. The molecule has 0 fully saturated rings. The van der Waals surface area contributed by atoms with Crippen LogP contribution in [0.15, 0.2) is 24.3 Å². The van der Waals surface area contributed by atoms with Crippen LogP contribution in [0.5, 0.6) is 0 Å². The van der Waals surface area contributed by atoms with E-state index in [4.69, 9.17) is 17.3 Å². The highest BCUT2D eigenvalue weighted by Crippen LogP contribution is 2.28. The maximum atomic E-state index is 6.41. The lowest BCUT2D eigenvalue weighted by molar-refractivity contribution is 0.487. The Morgan fingerprint density at radius 3 is 2.39 bits per heavy atom. The summed E-state index contributed by atoms with van der Waals surface area (Å²) in [5.41, 5.74) is 8.22. The number of aromatic nitrogens is 1. The van der Waals surface area contributed by atoms with Crippen LogP contribution in [0.1, 0.15) is 28.1 Å². The molecule has 1 aromatic carbocycles. The summed E-state index contributed by atoms with van der Waals surface area (Å²) in [4.78, 5) is 5.80. The Balaban J connectivity index is 2.23. The van der Waals surface area contributed by atoms with Crippen molar-refractivity contribution in [1.29, 1.82) is 0 Å². The molecule has 4 heteroatoms. The minimum Gasteiger partial charge on any atom is -0.319 e. The van der Waals surface area contributed by atoms with E-state index >= 15 is 0 Å². The van der Waals surface area contributed by atoms with Crippen molar-refractivity contribution in [3.8, 4) is 0 Å². The number of thiazole rings is 1. The quantitative estimate of drug-likeness (QED) is 0.928. The smallest absolute Gasteiger partial charge is 0.113 e. The van der Waals surface area contributed by atoms with Crippen molar-refractivity contribution < 1.29 is 0 Å². The number of hydrogen-bond donors (Lipinski definition) is 1. The third-order valence-electron chi connectivity index (χ3n) is 3.00. The molecule has 1 unspecified atom stereocenters. The van der Waals surface area contributed by atoms with Crippen molar-refractivity contribution in [1.82, 2.24) is 4.98 Å². The van der Waals surface area contributed by atoms with E-state index in [0.717, 1.165) is 22.1 Å². The molecule has 0 aliphatic carbocycles. The van der Waals surface area contributed by atoms with Gasteiger partial charge in [0, 0.05) is 9.90 Å². The van der Waals surface area contributed by atoms with Crippen LogP contribution in [0.3, 0.4) is 0 Å². The molecule has 0 aliphatic rings. The van der Waals surface area contributed by atoms with E-state index < -0.39 is 5.54 Å².